The maximum absolute atomic E-state index is 12.3. The van der Waals surface area contributed by atoms with Gasteiger partial charge in [0, 0.05) is 0 Å². The third-order valence-electron chi connectivity index (χ3n) is 2.98. The second-order valence-electron chi connectivity index (χ2n) is 6.02. The fraction of sp³-hybridized carbons (Fsp3) is 0.538. The Morgan fingerprint density at radius 3 is 2.64 bits per heavy atom. The van der Waals surface area contributed by atoms with Gasteiger partial charge in [0.25, 0.3) is 5.91 Å². The SMILES string of the molecule is C[C@H]1Cn2ncc(NC(=O)OC(C)(C)C)c2C(=O)N1C(=O)O. The normalized spacial score (nSPS) is 17.9. The van der Waals surface area contributed by atoms with Crippen LogP contribution in [-0.4, -0.2) is 49.5 Å². The lowest BCUT2D eigenvalue weighted by atomic mass is 10.2. The molecule has 0 fully saturated rings. The van der Waals surface area contributed by atoms with E-state index in [0.717, 1.165) is 4.90 Å². The van der Waals surface area contributed by atoms with Crippen molar-refractivity contribution in [2.24, 2.45) is 0 Å². The van der Waals surface area contributed by atoms with E-state index in [1.54, 1.807) is 27.7 Å². The van der Waals surface area contributed by atoms with E-state index in [1.165, 1.54) is 10.9 Å². The molecule has 0 unspecified atom stereocenters. The number of anilines is 1. The number of nitrogens with one attached hydrogen (secondary N) is 1. The Hall–Kier alpha value is -2.58. The summed E-state index contributed by atoms with van der Waals surface area (Å²) in [5, 5.41) is 15.6. The van der Waals surface area contributed by atoms with Crippen molar-refractivity contribution in [2.45, 2.75) is 45.9 Å². The molecule has 3 amide bonds. The van der Waals surface area contributed by atoms with E-state index in [2.05, 4.69) is 10.4 Å². The van der Waals surface area contributed by atoms with Crippen LogP contribution in [0, 0.1) is 0 Å². The van der Waals surface area contributed by atoms with E-state index >= 15 is 0 Å². The summed E-state index contributed by atoms with van der Waals surface area (Å²) in [5.74, 6) is -0.727. The van der Waals surface area contributed by atoms with Gasteiger partial charge in [-0.25, -0.2) is 14.5 Å². The van der Waals surface area contributed by atoms with Crippen molar-refractivity contribution in [2.75, 3.05) is 5.32 Å². The first kappa shape index (κ1) is 15.8. The van der Waals surface area contributed by atoms with Gasteiger partial charge in [-0.1, -0.05) is 0 Å². The molecule has 1 atom stereocenters. The minimum Gasteiger partial charge on any atom is -0.465 e. The molecule has 0 bridgehead atoms. The predicted molar refractivity (Wildman–Crippen MR) is 75.7 cm³/mol. The summed E-state index contributed by atoms with van der Waals surface area (Å²) in [4.78, 5) is 36.0. The summed E-state index contributed by atoms with van der Waals surface area (Å²) in [7, 11) is 0. The molecule has 1 aromatic rings. The van der Waals surface area contributed by atoms with Crippen molar-refractivity contribution >= 4 is 23.8 Å². The summed E-state index contributed by atoms with van der Waals surface area (Å²) in [6.45, 7) is 6.96. The number of hydrogen-bond acceptors (Lipinski definition) is 5. The maximum atomic E-state index is 12.3. The Balaban J connectivity index is 2.27. The first-order valence-corrected chi connectivity index (χ1v) is 6.72. The predicted octanol–water partition coefficient (Wildman–Crippen LogP) is 1.75. The Kier molecular flexibility index (Phi) is 3.82. The molecular formula is C13H18N4O5. The van der Waals surface area contributed by atoms with Gasteiger partial charge < -0.3 is 9.84 Å². The van der Waals surface area contributed by atoms with Crippen LogP contribution in [0.2, 0.25) is 0 Å². The summed E-state index contributed by atoms with van der Waals surface area (Å²) in [6, 6.07) is -0.535. The number of aromatic nitrogens is 2. The van der Waals surface area contributed by atoms with Gasteiger partial charge in [0.2, 0.25) is 0 Å². The van der Waals surface area contributed by atoms with Gasteiger partial charge in [0.05, 0.1) is 24.5 Å². The van der Waals surface area contributed by atoms with Gasteiger partial charge in [-0.3, -0.25) is 14.8 Å². The molecule has 2 N–H and O–H groups in total. The summed E-state index contributed by atoms with van der Waals surface area (Å²) in [6.07, 6.45) is -0.778. The number of fused-ring (bicyclic) bond motifs is 1. The first-order valence-electron chi connectivity index (χ1n) is 6.72. The number of ether oxygens (including phenoxy) is 1. The van der Waals surface area contributed by atoms with Crippen molar-refractivity contribution in [1.29, 1.82) is 0 Å². The molecule has 9 heteroatoms. The molecule has 0 aromatic carbocycles. The van der Waals surface area contributed by atoms with E-state index in [1.807, 2.05) is 0 Å². The minimum atomic E-state index is -1.34. The van der Waals surface area contributed by atoms with Crippen LogP contribution in [0.1, 0.15) is 38.2 Å². The quantitative estimate of drug-likeness (QED) is 0.817. The maximum Gasteiger partial charge on any atom is 0.414 e. The van der Waals surface area contributed by atoms with Crippen LogP contribution in [0.4, 0.5) is 15.3 Å². The van der Waals surface area contributed by atoms with Crippen LogP contribution < -0.4 is 5.32 Å². The van der Waals surface area contributed by atoms with Crippen LogP contribution in [-0.2, 0) is 11.3 Å². The van der Waals surface area contributed by atoms with E-state index in [4.69, 9.17) is 9.84 Å². The highest BCUT2D eigenvalue weighted by Crippen LogP contribution is 2.24. The molecule has 1 aliphatic rings. The highest BCUT2D eigenvalue weighted by Gasteiger charge is 2.37. The molecule has 0 saturated heterocycles. The molecule has 0 spiro atoms. The van der Waals surface area contributed by atoms with E-state index in [9.17, 15) is 14.4 Å². The molecule has 0 radical (unpaired) electrons. The van der Waals surface area contributed by atoms with Gasteiger partial charge in [-0.05, 0) is 27.7 Å². The fourth-order valence-corrected chi connectivity index (χ4v) is 2.18. The molecule has 2 heterocycles. The van der Waals surface area contributed by atoms with Crippen molar-refractivity contribution in [1.82, 2.24) is 14.7 Å². The van der Waals surface area contributed by atoms with E-state index in [-0.39, 0.29) is 17.9 Å². The van der Waals surface area contributed by atoms with Crippen LogP contribution in [0.3, 0.4) is 0 Å². The Labute approximate surface area is 126 Å². The molecule has 22 heavy (non-hydrogen) atoms. The van der Waals surface area contributed by atoms with Gasteiger partial charge >= 0.3 is 12.2 Å². The standard InChI is InChI=1S/C13H18N4O5/c1-7-6-16-9(10(18)17(7)12(20)21)8(5-14-16)15-11(19)22-13(2,3)4/h5,7H,6H2,1-4H3,(H,15,19)(H,20,21)/t7-/m0/s1. The van der Waals surface area contributed by atoms with Crippen LogP contribution in [0.25, 0.3) is 0 Å². The van der Waals surface area contributed by atoms with Crippen LogP contribution in [0.5, 0.6) is 0 Å². The molecule has 2 rings (SSSR count). The zero-order chi connectivity index (χ0) is 16.7. The molecule has 0 saturated carbocycles. The van der Waals surface area contributed by atoms with Gasteiger partial charge in [-0.2, -0.15) is 5.10 Å². The Morgan fingerprint density at radius 2 is 2.09 bits per heavy atom. The second kappa shape index (κ2) is 5.32. The molecule has 0 aliphatic carbocycles. The number of nitrogens with zero attached hydrogens (tertiary/aromatic N) is 3. The number of carbonyl (C=O) groups excluding carboxylic acids is 2. The number of amides is 3. The fourth-order valence-electron chi connectivity index (χ4n) is 2.18. The van der Waals surface area contributed by atoms with Crippen molar-refractivity contribution in [3.63, 3.8) is 0 Å². The molecule has 9 nitrogen and oxygen atoms in total. The van der Waals surface area contributed by atoms with Crippen molar-refractivity contribution in [3.05, 3.63) is 11.9 Å². The average molecular weight is 310 g/mol. The van der Waals surface area contributed by atoms with Crippen molar-refractivity contribution in [3.8, 4) is 0 Å². The third-order valence-corrected chi connectivity index (χ3v) is 2.98. The molecule has 1 aliphatic heterocycles. The van der Waals surface area contributed by atoms with Gasteiger partial charge in [-0.15, -0.1) is 0 Å². The largest absolute Gasteiger partial charge is 0.465 e. The highest BCUT2D eigenvalue weighted by atomic mass is 16.6. The molecule has 120 valence electrons. The number of carbonyl (C=O) groups is 3. The summed E-state index contributed by atoms with van der Waals surface area (Å²) < 4.78 is 6.48. The van der Waals surface area contributed by atoms with Gasteiger partial charge in [0.1, 0.15) is 5.60 Å². The number of rotatable bonds is 1. The average Bonchev–Trinajstić information content (AvgIpc) is 2.68. The van der Waals surface area contributed by atoms with E-state index in [0.29, 0.717) is 0 Å². The lowest BCUT2D eigenvalue weighted by Gasteiger charge is -2.30. The number of imide groups is 1. The lowest BCUT2D eigenvalue weighted by Crippen LogP contribution is -2.49. The molecular weight excluding hydrogens is 292 g/mol. The van der Waals surface area contributed by atoms with E-state index < -0.39 is 29.7 Å². The van der Waals surface area contributed by atoms with Crippen LogP contribution >= 0.6 is 0 Å². The second-order valence-corrected chi connectivity index (χ2v) is 6.02. The smallest absolute Gasteiger partial charge is 0.414 e. The van der Waals surface area contributed by atoms with Crippen molar-refractivity contribution < 1.29 is 24.2 Å². The summed E-state index contributed by atoms with van der Waals surface area (Å²) in [5.41, 5.74) is -0.549. The first-order chi connectivity index (χ1) is 10.1. The van der Waals surface area contributed by atoms with Gasteiger partial charge in [0.15, 0.2) is 5.69 Å². The lowest BCUT2D eigenvalue weighted by molar-refractivity contribution is 0.0600. The Morgan fingerprint density at radius 1 is 1.45 bits per heavy atom. The van der Waals surface area contributed by atoms with Crippen LogP contribution in [0.15, 0.2) is 6.20 Å². The monoisotopic (exact) mass is 310 g/mol. The third kappa shape index (κ3) is 3.02. The summed E-state index contributed by atoms with van der Waals surface area (Å²) >= 11 is 0. The molecule has 1 aromatic heterocycles. The topological polar surface area (TPSA) is 114 Å². The minimum absolute atomic E-state index is 0.0198. The highest BCUT2D eigenvalue weighted by molar-refractivity contribution is 6.07. The zero-order valence-corrected chi connectivity index (χ0v) is 12.8. The Bertz CT molecular complexity index is 631. The zero-order valence-electron chi connectivity index (χ0n) is 12.8. The number of hydrogen-bond donors (Lipinski definition) is 2. The number of carboxylic acid groups (broad SMARTS) is 1.